The number of aryl methyl sites for hydroxylation is 2. The highest BCUT2D eigenvalue weighted by Crippen LogP contribution is 2.26. The molecule has 1 amide bonds. The largest absolute Gasteiger partial charge is 0.492 e. The van der Waals surface area contributed by atoms with Crippen molar-refractivity contribution in [3.05, 3.63) is 53.1 Å². The van der Waals surface area contributed by atoms with Gasteiger partial charge in [-0.15, -0.1) is 11.8 Å². The predicted octanol–water partition coefficient (Wildman–Crippen LogP) is 3.62. The predicted molar refractivity (Wildman–Crippen MR) is 120 cm³/mol. The maximum absolute atomic E-state index is 12.9. The van der Waals surface area contributed by atoms with Crippen molar-refractivity contribution < 1.29 is 17.9 Å². The van der Waals surface area contributed by atoms with Crippen molar-refractivity contribution in [2.45, 2.75) is 36.5 Å². The monoisotopic (exact) mass is 448 g/mol. The molecule has 1 heterocycles. The summed E-state index contributed by atoms with van der Waals surface area (Å²) in [4.78, 5) is 15.5. The van der Waals surface area contributed by atoms with Gasteiger partial charge < -0.3 is 9.64 Å². The minimum Gasteiger partial charge on any atom is -0.492 e. The molecule has 2 aromatic carbocycles. The normalized spacial score (nSPS) is 14.2. The number of nitrogens with one attached hydrogen (secondary N) is 1. The van der Waals surface area contributed by atoms with Gasteiger partial charge in [-0.3, -0.25) is 4.79 Å². The molecule has 1 fully saturated rings. The number of hydrogen-bond acceptors (Lipinski definition) is 5. The van der Waals surface area contributed by atoms with Crippen LogP contribution in [0.2, 0.25) is 0 Å². The van der Waals surface area contributed by atoms with Gasteiger partial charge in [0.1, 0.15) is 12.4 Å². The van der Waals surface area contributed by atoms with E-state index >= 15 is 0 Å². The van der Waals surface area contributed by atoms with E-state index < -0.39 is 10.0 Å². The average molecular weight is 449 g/mol. The Labute approximate surface area is 183 Å². The number of likely N-dealkylation sites (tertiary alicyclic amines) is 1. The summed E-state index contributed by atoms with van der Waals surface area (Å²) in [6.45, 7) is 5.72. The molecule has 1 aliphatic heterocycles. The van der Waals surface area contributed by atoms with Crippen molar-refractivity contribution in [2.75, 3.05) is 32.5 Å². The number of thioether (sulfide) groups is 1. The zero-order chi connectivity index (χ0) is 21.7. The van der Waals surface area contributed by atoms with Crippen molar-refractivity contribution in [1.29, 1.82) is 0 Å². The lowest BCUT2D eigenvalue weighted by atomic mass is 10.1. The molecule has 30 heavy (non-hydrogen) atoms. The van der Waals surface area contributed by atoms with E-state index in [9.17, 15) is 13.2 Å². The van der Waals surface area contributed by atoms with Crippen LogP contribution in [0.3, 0.4) is 0 Å². The van der Waals surface area contributed by atoms with E-state index in [4.69, 9.17) is 4.74 Å². The third kappa shape index (κ3) is 5.36. The Kier molecular flexibility index (Phi) is 7.44. The minimum atomic E-state index is -3.75. The minimum absolute atomic E-state index is 0.0922. The Morgan fingerprint density at radius 2 is 1.87 bits per heavy atom. The molecule has 1 N–H and O–H groups in total. The van der Waals surface area contributed by atoms with Crippen molar-refractivity contribution >= 4 is 27.7 Å². The fourth-order valence-corrected chi connectivity index (χ4v) is 5.00. The molecule has 8 heteroatoms. The number of carbonyl (C=O) groups is 1. The second kappa shape index (κ2) is 9.85. The molecule has 6 nitrogen and oxygen atoms in total. The summed E-state index contributed by atoms with van der Waals surface area (Å²) in [7, 11) is -3.75. The first kappa shape index (κ1) is 22.7. The summed E-state index contributed by atoms with van der Waals surface area (Å²) in [5.74, 6) is 0.643. The highest BCUT2D eigenvalue weighted by molar-refractivity contribution is 7.98. The molecule has 0 spiro atoms. The molecule has 0 bridgehead atoms. The van der Waals surface area contributed by atoms with Gasteiger partial charge in [0, 0.05) is 24.5 Å². The van der Waals surface area contributed by atoms with Crippen LogP contribution in [-0.2, 0) is 10.0 Å². The molecule has 0 aliphatic carbocycles. The fraction of sp³-hybridized carbons (Fsp3) is 0.409. The molecular weight excluding hydrogens is 420 g/mol. The van der Waals surface area contributed by atoms with Crippen LogP contribution in [-0.4, -0.2) is 51.7 Å². The van der Waals surface area contributed by atoms with Crippen molar-refractivity contribution in [1.82, 2.24) is 9.62 Å². The molecule has 2 aromatic rings. The van der Waals surface area contributed by atoms with Crippen LogP contribution < -0.4 is 9.46 Å². The molecule has 1 aliphatic rings. The maximum atomic E-state index is 12.9. The number of hydrogen-bond donors (Lipinski definition) is 1. The van der Waals surface area contributed by atoms with Crippen LogP contribution in [0.1, 0.15) is 34.3 Å². The van der Waals surface area contributed by atoms with Gasteiger partial charge in [-0.05, 0) is 68.3 Å². The molecular formula is C22H28N2O4S2. The van der Waals surface area contributed by atoms with E-state index in [-0.39, 0.29) is 24.0 Å². The first-order chi connectivity index (χ1) is 14.3. The van der Waals surface area contributed by atoms with Gasteiger partial charge in [0.25, 0.3) is 5.91 Å². The Morgan fingerprint density at radius 1 is 1.13 bits per heavy atom. The standard InChI is InChI=1S/C22H28N2O4S2/c1-16-6-7-17(2)20(14-16)28-13-10-23-30(26,27)18-8-9-21(29-3)19(15-18)22(25)24-11-4-5-12-24/h6-9,14-15,23H,4-5,10-13H2,1-3H3. The summed E-state index contributed by atoms with van der Waals surface area (Å²) < 4.78 is 33.8. The van der Waals surface area contributed by atoms with Gasteiger partial charge in [0.2, 0.25) is 10.0 Å². The van der Waals surface area contributed by atoms with E-state index in [1.165, 1.54) is 17.8 Å². The second-order valence-corrected chi connectivity index (χ2v) is 9.99. The summed E-state index contributed by atoms with van der Waals surface area (Å²) in [6.07, 6.45) is 3.85. The molecule has 0 saturated carbocycles. The zero-order valence-electron chi connectivity index (χ0n) is 17.6. The van der Waals surface area contributed by atoms with E-state index in [0.717, 1.165) is 47.7 Å². The molecule has 3 rings (SSSR count). The number of amides is 1. The zero-order valence-corrected chi connectivity index (χ0v) is 19.2. The number of carbonyl (C=O) groups excluding carboxylic acids is 1. The fourth-order valence-electron chi connectivity index (χ4n) is 3.40. The summed E-state index contributed by atoms with van der Waals surface area (Å²) in [6, 6.07) is 10.6. The Balaban J connectivity index is 1.68. The van der Waals surface area contributed by atoms with Crippen LogP contribution in [0.4, 0.5) is 0 Å². The SMILES string of the molecule is CSc1ccc(S(=O)(=O)NCCOc2cc(C)ccc2C)cc1C(=O)N1CCCC1. The van der Waals surface area contributed by atoms with Crippen LogP contribution in [0.5, 0.6) is 5.75 Å². The maximum Gasteiger partial charge on any atom is 0.255 e. The Hall–Kier alpha value is -2.03. The number of nitrogens with zero attached hydrogens (tertiary/aromatic N) is 1. The lowest BCUT2D eigenvalue weighted by Crippen LogP contribution is -2.30. The topological polar surface area (TPSA) is 75.7 Å². The van der Waals surface area contributed by atoms with Crippen molar-refractivity contribution in [3.8, 4) is 5.75 Å². The van der Waals surface area contributed by atoms with E-state index in [1.54, 1.807) is 17.0 Å². The molecule has 0 aromatic heterocycles. The highest BCUT2D eigenvalue weighted by Gasteiger charge is 2.24. The molecule has 0 radical (unpaired) electrons. The van der Waals surface area contributed by atoms with Crippen LogP contribution >= 0.6 is 11.8 Å². The number of sulfonamides is 1. The van der Waals surface area contributed by atoms with Crippen LogP contribution in [0, 0.1) is 13.8 Å². The van der Waals surface area contributed by atoms with E-state index in [1.807, 2.05) is 38.3 Å². The van der Waals surface area contributed by atoms with Gasteiger partial charge in [0.15, 0.2) is 0 Å². The Bertz CT molecular complexity index is 1020. The number of benzene rings is 2. The van der Waals surface area contributed by atoms with E-state index in [2.05, 4.69) is 4.72 Å². The van der Waals surface area contributed by atoms with Crippen LogP contribution in [0.15, 0.2) is 46.2 Å². The second-order valence-electron chi connectivity index (χ2n) is 7.38. The molecule has 0 unspecified atom stereocenters. The quantitative estimate of drug-likeness (QED) is 0.493. The first-order valence-corrected chi connectivity index (χ1v) is 12.7. The number of rotatable bonds is 8. The summed E-state index contributed by atoms with van der Waals surface area (Å²) in [5, 5.41) is 0. The van der Waals surface area contributed by atoms with Gasteiger partial charge in [0.05, 0.1) is 10.5 Å². The molecule has 1 saturated heterocycles. The average Bonchev–Trinajstić information content (AvgIpc) is 3.27. The van der Waals surface area contributed by atoms with Gasteiger partial charge in [-0.1, -0.05) is 12.1 Å². The van der Waals surface area contributed by atoms with Gasteiger partial charge >= 0.3 is 0 Å². The van der Waals surface area contributed by atoms with Gasteiger partial charge in [-0.25, -0.2) is 13.1 Å². The van der Waals surface area contributed by atoms with Crippen molar-refractivity contribution in [3.63, 3.8) is 0 Å². The lowest BCUT2D eigenvalue weighted by molar-refractivity contribution is 0.0789. The van der Waals surface area contributed by atoms with Crippen molar-refractivity contribution in [2.24, 2.45) is 0 Å². The molecule has 0 atom stereocenters. The molecule has 162 valence electrons. The third-order valence-electron chi connectivity index (χ3n) is 5.10. The summed E-state index contributed by atoms with van der Waals surface area (Å²) >= 11 is 1.44. The highest BCUT2D eigenvalue weighted by atomic mass is 32.2. The lowest BCUT2D eigenvalue weighted by Gasteiger charge is -2.18. The van der Waals surface area contributed by atoms with E-state index in [0.29, 0.717) is 5.56 Å². The first-order valence-electron chi connectivity index (χ1n) is 9.99. The van der Waals surface area contributed by atoms with Gasteiger partial charge in [-0.2, -0.15) is 0 Å². The third-order valence-corrected chi connectivity index (χ3v) is 7.35. The van der Waals surface area contributed by atoms with Crippen LogP contribution in [0.25, 0.3) is 0 Å². The number of ether oxygens (including phenoxy) is 1. The smallest absolute Gasteiger partial charge is 0.255 e. The Morgan fingerprint density at radius 3 is 2.57 bits per heavy atom. The summed E-state index contributed by atoms with van der Waals surface area (Å²) in [5.41, 5.74) is 2.53.